The monoisotopic (exact) mass is 464 g/mol. The standard InChI is InChI=1S/C21H21ClN2O4S2/c1-24(30(26,27)20-13-12-18(22)29-20)14-19(25)23-21(15-6-4-3-5-7-15)16-8-10-17(28-2)11-9-16/h3-13,21H,14H2,1-2H3,(H,23,25)/t21-/m1/s1. The second kappa shape index (κ2) is 9.61. The Labute approximate surface area is 185 Å². The van der Waals surface area contributed by atoms with Gasteiger partial charge in [-0.2, -0.15) is 4.31 Å². The van der Waals surface area contributed by atoms with Crippen molar-refractivity contribution in [3.63, 3.8) is 0 Å². The molecule has 1 N–H and O–H groups in total. The Morgan fingerprint density at radius 3 is 2.27 bits per heavy atom. The molecule has 0 radical (unpaired) electrons. The fourth-order valence-corrected chi connectivity index (χ4v) is 5.71. The van der Waals surface area contributed by atoms with Gasteiger partial charge in [-0.05, 0) is 35.4 Å². The molecule has 0 aliphatic heterocycles. The molecule has 1 heterocycles. The molecule has 1 atom stereocenters. The van der Waals surface area contributed by atoms with Crippen LogP contribution >= 0.6 is 22.9 Å². The summed E-state index contributed by atoms with van der Waals surface area (Å²) in [6.07, 6.45) is 0. The highest BCUT2D eigenvalue weighted by atomic mass is 35.5. The minimum atomic E-state index is -3.80. The van der Waals surface area contributed by atoms with Crippen LogP contribution in [0.2, 0.25) is 4.34 Å². The number of benzene rings is 2. The molecule has 1 amide bonds. The average molecular weight is 465 g/mol. The highest BCUT2D eigenvalue weighted by Gasteiger charge is 2.26. The van der Waals surface area contributed by atoms with Crippen LogP contribution in [-0.4, -0.2) is 39.3 Å². The first-order chi connectivity index (χ1) is 14.3. The van der Waals surface area contributed by atoms with Gasteiger partial charge >= 0.3 is 0 Å². The number of carbonyl (C=O) groups is 1. The highest BCUT2D eigenvalue weighted by Crippen LogP contribution is 2.28. The molecule has 0 saturated carbocycles. The lowest BCUT2D eigenvalue weighted by atomic mass is 9.98. The molecule has 2 aromatic carbocycles. The van der Waals surface area contributed by atoms with Crippen LogP contribution in [0.3, 0.4) is 0 Å². The average Bonchev–Trinajstić information content (AvgIpc) is 3.20. The summed E-state index contributed by atoms with van der Waals surface area (Å²) in [5, 5.41) is 2.94. The van der Waals surface area contributed by atoms with Crippen molar-refractivity contribution < 1.29 is 17.9 Å². The number of nitrogens with one attached hydrogen (secondary N) is 1. The summed E-state index contributed by atoms with van der Waals surface area (Å²) in [6, 6.07) is 19.3. The molecule has 1 aromatic heterocycles. The summed E-state index contributed by atoms with van der Waals surface area (Å²) in [5.41, 5.74) is 1.73. The van der Waals surface area contributed by atoms with E-state index in [0.29, 0.717) is 10.1 Å². The van der Waals surface area contributed by atoms with Crippen LogP contribution in [0, 0.1) is 0 Å². The van der Waals surface area contributed by atoms with Crippen LogP contribution in [-0.2, 0) is 14.8 Å². The van der Waals surface area contributed by atoms with Crippen LogP contribution in [0.4, 0.5) is 0 Å². The Balaban J connectivity index is 1.79. The lowest BCUT2D eigenvalue weighted by Gasteiger charge is -2.22. The predicted molar refractivity (Wildman–Crippen MR) is 119 cm³/mol. The van der Waals surface area contributed by atoms with E-state index in [0.717, 1.165) is 26.8 Å². The van der Waals surface area contributed by atoms with Gasteiger partial charge in [0.1, 0.15) is 9.96 Å². The Morgan fingerprint density at radius 2 is 1.70 bits per heavy atom. The molecule has 0 unspecified atom stereocenters. The van der Waals surface area contributed by atoms with Gasteiger partial charge in [0.15, 0.2) is 0 Å². The second-order valence-corrected chi connectivity index (χ2v) is 10.5. The maximum absolute atomic E-state index is 12.8. The summed E-state index contributed by atoms with van der Waals surface area (Å²) >= 11 is 6.80. The Bertz CT molecular complexity index is 1100. The van der Waals surface area contributed by atoms with E-state index in [1.54, 1.807) is 7.11 Å². The van der Waals surface area contributed by atoms with E-state index in [4.69, 9.17) is 16.3 Å². The van der Waals surface area contributed by atoms with Gasteiger partial charge in [0.25, 0.3) is 10.0 Å². The van der Waals surface area contributed by atoms with Gasteiger partial charge in [-0.1, -0.05) is 54.1 Å². The number of likely N-dealkylation sites (N-methyl/N-ethyl adjacent to an activating group) is 1. The third-order valence-corrected chi connectivity index (χ3v) is 7.97. The summed E-state index contributed by atoms with van der Waals surface area (Å²) in [4.78, 5) is 12.8. The van der Waals surface area contributed by atoms with Crippen molar-refractivity contribution in [3.8, 4) is 5.75 Å². The Hall–Kier alpha value is -2.39. The number of thiophene rings is 1. The molecule has 0 aliphatic rings. The van der Waals surface area contributed by atoms with E-state index in [9.17, 15) is 13.2 Å². The first kappa shape index (κ1) is 22.3. The smallest absolute Gasteiger partial charge is 0.252 e. The van der Waals surface area contributed by atoms with Gasteiger partial charge in [0.2, 0.25) is 5.91 Å². The highest BCUT2D eigenvalue weighted by molar-refractivity contribution is 7.91. The van der Waals surface area contributed by atoms with E-state index in [2.05, 4.69) is 5.32 Å². The molecule has 0 spiro atoms. The molecule has 0 fully saturated rings. The number of hydrogen-bond acceptors (Lipinski definition) is 5. The normalized spacial score (nSPS) is 12.5. The Kier molecular flexibility index (Phi) is 7.14. The fraction of sp³-hybridized carbons (Fsp3) is 0.190. The number of amides is 1. The number of ether oxygens (including phenoxy) is 1. The van der Waals surface area contributed by atoms with E-state index in [-0.39, 0.29) is 10.8 Å². The van der Waals surface area contributed by atoms with E-state index >= 15 is 0 Å². The summed E-state index contributed by atoms with van der Waals surface area (Å²) in [6.45, 7) is -0.322. The second-order valence-electron chi connectivity index (χ2n) is 6.50. The molecule has 3 aromatic rings. The van der Waals surface area contributed by atoms with Gasteiger partial charge in [0, 0.05) is 7.05 Å². The third kappa shape index (κ3) is 5.20. The number of nitrogens with zero attached hydrogens (tertiary/aromatic N) is 1. The number of rotatable bonds is 8. The summed E-state index contributed by atoms with van der Waals surface area (Å²) in [5.74, 6) is 0.283. The largest absolute Gasteiger partial charge is 0.497 e. The number of sulfonamides is 1. The van der Waals surface area contributed by atoms with Crippen LogP contribution in [0.1, 0.15) is 17.2 Å². The molecule has 3 rings (SSSR count). The van der Waals surface area contributed by atoms with Gasteiger partial charge in [0.05, 0.1) is 24.0 Å². The Morgan fingerprint density at radius 1 is 1.07 bits per heavy atom. The van der Waals surface area contributed by atoms with Gasteiger partial charge in [-0.15, -0.1) is 11.3 Å². The summed E-state index contributed by atoms with van der Waals surface area (Å²) < 4.78 is 32.0. The summed E-state index contributed by atoms with van der Waals surface area (Å²) in [7, 11) is -0.843. The van der Waals surface area contributed by atoms with Crippen LogP contribution in [0.15, 0.2) is 70.9 Å². The molecule has 30 heavy (non-hydrogen) atoms. The van der Waals surface area contributed by atoms with Crippen molar-refractivity contribution in [2.45, 2.75) is 10.3 Å². The molecule has 0 bridgehead atoms. The van der Waals surface area contributed by atoms with Crippen molar-refractivity contribution in [1.82, 2.24) is 9.62 Å². The minimum Gasteiger partial charge on any atom is -0.497 e. The van der Waals surface area contributed by atoms with Crippen LogP contribution < -0.4 is 10.1 Å². The van der Waals surface area contributed by atoms with E-state index < -0.39 is 22.0 Å². The third-order valence-electron chi connectivity index (χ3n) is 4.47. The van der Waals surface area contributed by atoms with E-state index in [1.807, 2.05) is 54.6 Å². The van der Waals surface area contributed by atoms with Crippen molar-refractivity contribution in [3.05, 3.63) is 82.2 Å². The topological polar surface area (TPSA) is 75.7 Å². The molecule has 0 saturated heterocycles. The zero-order valence-corrected chi connectivity index (χ0v) is 18.8. The van der Waals surface area contributed by atoms with Crippen molar-refractivity contribution in [1.29, 1.82) is 0 Å². The fourth-order valence-electron chi connectivity index (χ4n) is 2.88. The molecule has 6 nitrogen and oxygen atoms in total. The number of methoxy groups -OCH3 is 1. The van der Waals surface area contributed by atoms with Crippen molar-refractivity contribution in [2.75, 3.05) is 20.7 Å². The van der Waals surface area contributed by atoms with Gasteiger partial charge in [-0.3, -0.25) is 4.79 Å². The number of hydrogen-bond donors (Lipinski definition) is 1. The maximum Gasteiger partial charge on any atom is 0.252 e. The van der Waals surface area contributed by atoms with Crippen molar-refractivity contribution in [2.24, 2.45) is 0 Å². The molecule has 9 heteroatoms. The van der Waals surface area contributed by atoms with E-state index in [1.165, 1.54) is 19.2 Å². The van der Waals surface area contributed by atoms with Gasteiger partial charge in [-0.25, -0.2) is 8.42 Å². The van der Waals surface area contributed by atoms with Crippen LogP contribution in [0.25, 0.3) is 0 Å². The van der Waals surface area contributed by atoms with Gasteiger partial charge < -0.3 is 10.1 Å². The van der Waals surface area contributed by atoms with Crippen LogP contribution in [0.5, 0.6) is 5.75 Å². The molecular formula is C21H21ClN2O4S2. The predicted octanol–water partition coefficient (Wildman–Crippen LogP) is 3.94. The zero-order valence-electron chi connectivity index (χ0n) is 16.4. The molecule has 0 aliphatic carbocycles. The lowest BCUT2D eigenvalue weighted by molar-refractivity contribution is -0.121. The first-order valence-electron chi connectivity index (χ1n) is 9.01. The quantitative estimate of drug-likeness (QED) is 0.548. The first-order valence-corrected chi connectivity index (χ1v) is 11.6. The molecule has 158 valence electrons. The zero-order chi connectivity index (χ0) is 21.7. The minimum absolute atomic E-state index is 0.0950. The molecular weight excluding hydrogens is 444 g/mol. The van der Waals surface area contributed by atoms with Crippen molar-refractivity contribution >= 4 is 38.9 Å². The lowest BCUT2D eigenvalue weighted by Crippen LogP contribution is -2.39. The number of carbonyl (C=O) groups excluding carboxylic acids is 1. The SMILES string of the molecule is COc1ccc([C@H](NC(=O)CN(C)S(=O)(=O)c2ccc(Cl)s2)c2ccccc2)cc1. The maximum atomic E-state index is 12.8. The number of halogens is 1.